The number of rotatable bonds is 5. The van der Waals surface area contributed by atoms with Gasteiger partial charge in [-0.2, -0.15) is 0 Å². The lowest BCUT2D eigenvalue weighted by Gasteiger charge is -2.14. The van der Waals surface area contributed by atoms with Crippen molar-refractivity contribution in [3.8, 4) is 0 Å². The number of hydrogen-bond donors (Lipinski definition) is 4. The third-order valence-corrected chi connectivity index (χ3v) is 4.03. The Hall–Kier alpha value is -3.80. The molecular weight excluding hydrogens is 324 g/mol. The van der Waals surface area contributed by atoms with Crippen LogP contribution < -0.4 is 21.9 Å². The van der Waals surface area contributed by atoms with Gasteiger partial charge in [-0.25, -0.2) is 9.97 Å². The normalized spacial score (nSPS) is 10.5. The second-order valence-electron chi connectivity index (χ2n) is 5.75. The molecule has 0 aliphatic rings. The van der Waals surface area contributed by atoms with Gasteiger partial charge in [0.25, 0.3) is 0 Å². The van der Waals surface area contributed by atoms with Crippen molar-refractivity contribution in [1.82, 2.24) is 9.97 Å². The first-order chi connectivity index (χ1) is 12.8. The number of aromatic nitrogens is 2. The molecule has 0 radical (unpaired) electrons. The number of anilines is 5. The Bertz CT molecular complexity index is 1030. The van der Waals surface area contributed by atoms with Crippen LogP contribution in [0.2, 0.25) is 0 Å². The van der Waals surface area contributed by atoms with Gasteiger partial charge in [0.2, 0.25) is 0 Å². The highest BCUT2D eigenvalue weighted by Gasteiger charge is 2.09. The van der Waals surface area contributed by atoms with Gasteiger partial charge in [-0.3, -0.25) is 10.9 Å². The standard InChI is InChI=1S/C20H18N6/c21-18-19(24-17-12-6-8-14-7-4-5-11-16(14)17)22-13-23-20(18)26-25-15-9-2-1-3-10-15/h1-13,25H,21H2,(H2,22,23,24,26). The number of hydrazine groups is 1. The molecule has 128 valence electrons. The first-order valence-electron chi connectivity index (χ1n) is 8.23. The molecule has 0 aliphatic carbocycles. The SMILES string of the molecule is Nc1c(NNc2ccccc2)ncnc1Nc1cccc2ccccc12. The Labute approximate surface area is 151 Å². The fraction of sp³-hybridized carbons (Fsp3) is 0. The van der Waals surface area contributed by atoms with Crippen molar-refractivity contribution in [2.24, 2.45) is 0 Å². The quantitative estimate of drug-likeness (QED) is 0.402. The van der Waals surface area contributed by atoms with E-state index < -0.39 is 0 Å². The summed E-state index contributed by atoms with van der Waals surface area (Å²) in [7, 11) is 0. The molecule has 0 unspecified atom stereocenters. The summed E-state index contributed by atoms with van der Waals surface area (Å²) in [6, 6.07) is 24.0. The van der Waals surface area contributed by atoms with Gasteiger partial charge in [-0.05, 0) is 23.6 Å². The van der Waals surface area contributed by atoms with E-state index in [9.17, 15) is 0 Å². The van der Waals surface area contributed by atoms with Crippen LogP contribution >= 0.6 is 0 Å². The molecule has 4 aromatic rings. The van der Waals surface area contributed by atoms with Crippen LogP contribution in [0.3, 0.4) is 0 Å². The average molecular weight is 342 g/mol. The first kappa shape index (κ1) is 15.7. The Balaban J connectivity index is 1.59. The van der Waals surface area contributed by atoms with Crippen LogP contribution in [0.25, 0.3) is 10.8 Å². The minimum Gasteiger partial charge on any atom is -0.393 e. The third kappa shape index (κ3) is 3.21. The number of fused-ring (bicyclic) bond motifs is 1. The van der Waals surface area contributed by atoms with E-state index in [0.717, 1.165) is 22.1 Å². The predicted octanol–water partition coefficient (Wildman–Crippen LogP) is 4.39. The van der Waals surface area contributed by atoms with Gasteiger partial charge in [-0.1, -0.05) is 54.6 Å². The number of hydrogen-bond acceptors (Lipinski definition) is 6. The summed E-state index contributed by atoms with van der Waals surface area (Å²) in [4.78, 5) is 8.49. The molecule has 0 spiro atoms. The van der Waals surface area contributed by atoms with Crippen LogP contribution in [0.5, 0.6) is 0 Å². The molecule has 26 heavy (non-hydrogen) atoms. The monoisotopic (exact) mass is 342 g/mol. The lowest BCUT2D eigenvalue weighted by atomic mass is 10.1. The van der Waals surface area contributed by atoms with Crippen LogP contribution in [0.15, 0.2) is 79.1 Å². The number of nitrogens with one attached hydrogen (secondary N) is 3. The summed E-state index contributed by atoms with van der Waals surface area (Å²) in [5.41, 5.74) is 14.6. The molecule has 4 rings (SSSR count). The maximum atomic E-state index is 6.25. The Kier molecular flexibility index (Phi) is 4.22. The zero-order chi connectivity index (χ0) is 17.8. The largest absolute Gasteiger partial charge is 0.393 e. The van der Waals surface area contributed by atoms with E-state index in [2.05, 4.69) is 44.3 Å². The van der Waals surface area contributed by atoms with E-state index in [-0.39, 0.29) is 0 Å². The van der Waals surface area contributed by atoms with E-state index >= 15 is 0 Å². The van der Waals surface area contributed by atoms with Crippen LogP contribution in [-0.4, -0.2) is 9.97 Å². The molecular formula is C20H18N6. The van der Waals surface area contributed by atoms with Crippen LogP contribution in [-0.2, 0) is 0 Å². The van der Waals surface area contributed by atoms with Crippen molar-refractivity contribution in [2.45, 2.75) is 0 Å². The van der Waals surface area contributed by atoms with Gasteiger partial charge in [0.05, 0.1) is 5.69 Å². The Morgan fingerprint density at radius 2 is 1.42 bits per heavy atom. The van der Waals surface area contributed by atoms with E-state index in [1.165, 1.54) is 6.33 Å². The smallest absolute Gasteiger partial charge is 0.173 e. The van der Waals surface area contributed by atoms with Crippen LogP contribution in [0, 0.1) is 0 Å². The van der Waals surface area contributed by atoms with Gasteiger partial charge in [-0.15, -0.1) is 0 Å². The van der Waals surface area contributed by atoms with E-state index in [4.69, 9.17) is 5.73 Å². The molecule has 0 fully saturated rings. The van der Waals surface area contributed by atoms with Gasteiger partial charge in [0, 0.05) is 11.1 Å². The summed E-state index contributed by atoms with van der Waals surface area (Å²) in [5, 5.41) is 5.56. The predicted molar refractivity (Wildman–Crippen MR) is 107 cm³/mol. The molecule has 0 atom stereocenters. The topological polar surface area (TPSA) is 87.9 Å². The molecule has 0 aliphatic heterocycles. The molecule has 3 aromatic carbocycles. The lowest BCUT2D eigenvalue weighted by molar-refractivity contribution is 1.16. The fourth-order valence-corrected chi connectivity index (χ4v) is 2.71. The number of nitrogens with zero attached hydrogens (tertiary/aromatic N) is 2. The van der Waals surface area contributed by atoms with Gasteiger partial charge in [0.15, 0.2) is 11.6 Å². The van der Waals surface area contributed by atoms with Crippen molar-refractivity contribution < 1.29 is 0 Å². The van der Waals surface area contributed by atoms with E-state index in [0.29, 0.717) is 17.3 Å². The average Bonchev–Trinajstić information content (AvgIpc) is 2.70. The first-order valence-corrected chi connectivity index (χ1v) is 8.23. The highest BCUT2D eigenvalue weighted by Crippen LogP contribution is 2.30. The minimum absolute atomic E-state index is 0.434. The van der Waals surface area contributed by atoms with Crippen molar-refractivity contribution in [3.63, 3.8) is 0 Å². The molecule has 6 heteroatoms. The second kappa shape index (κ2) is 6.98. The molecule has 1 aromatic heterocycles. The molecule has 0 bridgehead atoms. The summed E-state index contributed by atoms with van der Waals surface area (Å²) < 4.78 is 0. The van der Waals surface area contributed by atoms with E-state index in [1.807, 2.05) is 54.6 Å². The van der Waals surface area contributed by atoms with E-state index in [1.54, 1.807) is 0 Å². The van der Waals surface area contributed by atoms with Crippen LogP contribution in [0.4, 0.5) is 28.7 Å². The van der Waals surface area contributed by atoms with Crippen LogP contribution in [0.1, 0.15) is 0 Å². The third-order valence-electron chi connectivity index (χ3n) is 4.03. The molecule has 0 saturated carbocycles. The highest BCUT2D eigenvalue weighted by atomic mass is 15.4. The number of nitrogen functional groups attached to an aromatic ring is 1. The zero-order valence-corrected chi connectivity index (χ0v) is 14.0. The summed E-state index contributed by atoms with van der Waals surface area (Å²) in [6.45, 7) is 0. The van der Waals surface area contributed by atoms with Crippen molar-refractivity contribution >= 4 is 39.5 Å². The van der Waals surface area contributed by atoms with Crippen molar-refractivity contribution in [2.75, 3.05) is 21.9 Å². The summed E-state index contributed by atoms with van der Waals surface area (Å²) in [5.74, 6) is 1.06. The Morgan fingerprint density at radius 3 is 2.31 bits per heavy atom. The summed E-state index contributed by atoms with van der Waals surface area (Å²) >= 11 is 0. The van der Waals surface area contributed by atoms with Gasteiger partial charge >= 0.3 is 0 Å². The fourth-order valence-electron chi connectivity index (χ4n) is 2.71. The zero-order valence-electron chi connectivity index (χ0n) is 14.0. The maximum Gasteiger partial charge on any atom is 0.173 e. The molecule has 0 amide bonds. The highest BCUT2D eigenvalue weighted by molar-refractivity contribution is 5.96. The molecule has 0 saturated heterocycles. The number of benzene rings is 3. The number of nitrogens with two attached hydrogens (primary N) is 1. The van der Waals surface area contributed by atoms with Gasteiger partial charge < -0.3 is 11.1 Å². The molecule has 6 nitrogen and oxygen atoms in total. The van der Waals surface area contributed by atoms with Crippen molar-refractivity contribution in [3.05, 3.63) is 79.1 Å². The maximum absolute atomic E-state index is 6.25. The molecule has 1 heterocycles. The summed E-state index contributed by atoms with van der Waals surface area (Å²) in [6.07, 6.45) is 1.47. The minimum atomic E-state index is 0.434. The molecule has 5 N–H and O–H groups in total. The van der Waals surface area contributed by atoms with Gasteiger partial charge in [0.1, 0.15) is 12.0 Å². The second-order valence-corrected chi connectivity index (χ2v) is 5.75. The van der Waals surface area contributed by atoms with Crippen molar-refractivity contribution in [1.29, 1.82) is 0 Å². The lowest BCUT2D eigenvalue weighted by Crippen LogP contribution is -2.13. The Morgan fingerprint density at radius 1 is 0.692 bits per heavy atom. The number of para-hydroxylation sites is 1.